The van der Waals surface area contributed by atoms with Crippen LogP contribution in [0.4, 0.5) is 0 Å². The third-order valence-corrected chi connectivity index (χ3v) is 4.04. The third-order valence-electron chi connectivity index (χ3n) is 4.04. The van der Waals surface area contributed by atoms with Gasteiger partial charge in [0.2, 0.25) is 0 Å². The standard InChI is InChI=1S/C21H33N5O2/c1-6-22-21(25-14-20-23-11-12-26(20)15-16(2)3)24-13-17(4)28-19-10-8-7-9-18(19)27-5/h7-12,16-17H,6,13-15H2,1-5H3,(H2,22,24,25). The van der Waals surface area contributed by atoms with E-state index in [0.717, 1.165) is 36.4 Å². The fourth-order valence-corrected chi connectivity index (χ4v) is 2.76. The van der Waals surface area contributed by atoms with Gasteiger partial charge in [-0.15, -0.1) is 0 Å². The zero-order chi connectivity index (χ0) is 20.4. The minimum atomic E-state index is -0.0527. The van der Waals surface area contributed by atoms with E-state index in [9.17, 15) is 0 Å². The molecule has 0 saturated heterocycles. The number of imidazole rings is 1. The van der Waals surface area contributed by atoms with E-state index in [-0.39, 0.29) is 6.10 Å². The number of aliphatic imine (C=N–C) groups is 1. The van der Waals surface area contributed by atoms with Crippen LogP contribution in [0.3, 0.4) is 0 Å². The Labute approximate surface area is 168 Å². The molecule has 2 aromatic rings. The maximum Gasteiger partial charge on any atom is 0.191 e. The maximum absolute atomic E-state index is 5.99. The van der Waals surface area contributed by atoms with Crippen LogP contribution < -0.4 is 20.1 Å². The van der Waals surface area contributed by atoms with Gasteiger partial charge in [-0.1, -0.05) is 26.0 Å². The predicted octanol–water partition coefficient (Wildman–Crippen LogP) is 3.07. The summed E-state index contributed by atoms with van der Waals surface area (Å²) >= 11 is 0. The molecule has 2 rings (SSSR count). The second-order valence-corrected chi connectivity index (χ2v) is 7.05. The number of hydrogen-bond donors (Lipinski definition) is 2. The number of guanidine groups is 1. The number of ether oxygens (including phenoxy) is 2. The fraction of sp³-hybridized carbons (Fsp3) is 0.524. The van der Waals surface area contributed by atoms with E-state index in [4.69, 9.17) is 9.47 Å². The molecule has 7 heteroatoms. The molecule has 0 aliphatic carbocycles. The summed E-state index contributed by atoms with van der Waals surface area (Å²) in [5.74, 6) is 3.74. The van der Waals surface area contributed by atoms with Gasteiger partial charge in [0.15, 0.2) is 17.5 Å². The van der Waals surface area contributed by atoms with E-state index in [1.165, 1.54) is 0 Å². The zero-order valence-corrected chi connectivity index (χ0v) is 17.6. The molecule has 1 aromatic carbocycles. The lowest BCUT2D eigenvalue weighted by molar-refractivity contribution is 0.213. The van der Waals surface area contributed by atoms with Gasteiger partial charge in [-0.25, -0.2) is 9.98 Å². The van der Waals surface area contributed by atoms with E-state index in [1.807, 2.05) is 50.5 Å². The molecular weight excluding hydrogens is 354 g/mol. The van der Waals surface area contributed by atoms with Crippen molar-refractivity contribution in [1.29, 1.82) is 0 Å². The average Bonchev–Trinajstić information content (AvgIpc) is 3.10. The summed E-state index contributed by atoms with van der Waals surface area (Å²) in [5, 5.41) is 6.61. The number of aromatic nitrogens is 2. The Kier molecular flexibility index (Phi) is 8.65. The van der Waals surface area contributed by atoms with Crippen LogP contribution in [0.25, 0.3) is 0 Å². The molecule has 1 heterocycles. The molecule has 0 aliphatic heterocycles. The van der Waals surface area contributed by atoms with Crippen molar-refractivity contribution >= 4 is 5.96 Å². The van der Waals surface area contributed by atoms with Gasteiger partial charge in [0.1, 0.15) is 18.5 Å². The first-order valence-electron chi connectivity index (χ1n) is 9.85. The highest BCUT2D eigenvalue weighted by Gasteiger charge is 2.10. The van der Waals surface area contributed by atoms with Crippen molar-refractivity contribution in [2.45, 2.75) is 46.9 Å². The lowest BCUT2D eigenvalue weighted by Crippen LogP contribution is -2.41. The number of methoxy groups -OCH3 is 1. The number of rotatable bonds is 10. The van der Waals surface area contributed by atoms with E-state index < -0.39 is 0 Å². The average molecular weight is 388 g/mol. The Morgan fingerprint density at radius 1 is 1.18 bits per heavy atom. The van der Waals surface area contributed by atoms with Crippen LogP contribution in [0.2, 0.25) is 0 Å². The first-order valence-corrected chi connectivity index (χ1v) is 9.85. The Bertz CT molecular complexity index is 742. The highest BCUT2D eigenvalue weighted by Crippen LogP contribution is 2.26. The summed E-state index contributed by atoms with van der Waals surface area (Å²) in [6.07, 6.45) is 3.79. The molecule has 0 spiro atoms. The van der Waals surface area contributed by atoms with E-state index in [2.05, 4.69) is 39.0 Å². The molecule has 7 nitrogen and oxygen atoms in total. The Morgan fingerprint density at radius 2 is 1.93 bits per heavy atom. The molecule has 2 N–H and O–H groups in total. The molecule has 0 aliphatic rings. The molecule has 1 unspecified atom stereocenters. The highest BCUT2D eigenvalue weighted by atomic mass is 16.5. The summed E-state index contributed by atoms with van der Waals surface area (Å²) in [7, 11) is 1.64. The number of para-hydroxylation sites is 2. The van der Waals surface area contributed by atoms with Crippen molar-refractivity contribution in [3.05, 3.63) is 42.5 Å². The second-order valence-electron chi connectivity index (χ2n) is 7.05. The van der Waals surface area contributed by atoms with Crippen LogP contribution >= 0.6 is 0 Å². The quantitative estimate of drug-likeness (QED) is 0.484. The van der Waals surface area contributed by atoms with Crippen molar-refractivity contribution in [2.24, 2.45) is 10.9 Å². The highest BCUT2D eigenvalue weighted by molar-refractivity contribution is 5.79. The maximum atomic E-state index is 5.99. The van der Waals surface area contributed by atoms with Crippen molar-refractivity contribution in [1.82, 2.24) is 20.2 Å². The molecule has 0 saturated carbocycles. The van der Waals surface area contributed by atoms with Crippen molar-refractivity contribution < 1.29 is 9.47 Å². The van der Waals surface area contributed by atoms with Crippen molar-refractivity contribution in [3.63, 3.8) is 0 Å². The first-order chi connectivity index (χ1) is 13.5. The molecular formula is C21H33N5O2. The minimum absolute atomic E-state index is 0.0527. The van der Waals surface area contributed by atoms with Crippen molar-refractivity contribution in [2.75, 3.05) is 20.2 Å². The van der Waals surface area contributed by atoms with Crippen LogP contribution in [0, 0.1) is 5.92 Å². The van der Waals surface area contributed by atoms with Crippen LogP contribution in [-0.4, -0.2) is 41.8 Å². The van der Waals surface area contributed by atoms with E-state index in [0.29, 0.717) is 19.0 Å². The van der Waals surface area contributed by atoms with Gasteiger partial charge in [-0.2, -0.15) is 0 Å². The van der Waals surface area contributed by atoms with Gasteiger partial charge in [-0.05, 0) is 31.9 Å². The molecule has 28 heavy (non-hydrogen) atoms. The van der Waals surface area contributed by atoms with Crippen LogP contribution in [0.5, 0.6) is 11.5 Å². The summed E-state index contributed by atoms with van der Waals surface area (Å²) < 4.78 is 13.5. The lowest BCUT2D eigenvalue weighted by atomic mass is 10.2. The Morgan fingerprint density at radius 3 is 2.61 bits per heavy atom. The van der Waals surface area contributed by atoms with Crippen LogP contribution in [-0.2, 0) is 13.1 Å². The molecule has 1 atom stereocenters. The van der Waals surface area contributed by atoms with Gasteiger partial charge in [-0.3, -0.25) is 0 Å². The monoisotopic (exact) mass is 387 g/mol. The normalized spacial score (nSPS) is 12.7. The van der Waals surface area contributed by atoms with Gasteiger partial charge < -0.3 is 24.7 Å². The largest absolute Gasteiger partial charge is 0.493 e. The molecule has 1 aromatic heterocycles. The van der Waals surface area contributed by atoms with Crippen LogP contribution in [0.15, 0.2) is 41.7 Å². The SMILES string of the molecule is CCNC(=NCc1nccn1CC(C)C)NCC(C)Oc1ccccc1OC. The molecule has 0 fully saturated rings. The molecule has 154 valence electrons. The number of benzene rings is 1. The third kappa shape index (κ3) is 6.79. The predicted molar refractivity (Wildman–Crippen MR) is 113 cm³/mol. The van der Waals surface area contributed by atoms with Gasteiger partial charge >= 0.3 is 0 Å². The Balaban J connectivity index is 1.93. The second kappa shape index (κ2) is 11.2. The molecule has 0 amide bonds. The first kappa shape index (κ1) is 21.6. The van der Waals surface area contributed by atoms with Gasteiger partial charge in [0.05, 0.1) is 13.7 Å². The van der Waals surface area contributed by atoms with E-state index in [1.54, 1.807) is 7.11 Å². The van der Waals surface area contributed by atoms with Gasteiger partial charge in [0, 0.05) is 25.5 Å². The smallest absolute Gasteiger partial charge is 0.191 e. The number of nitrogens with zero attached hydrogens (tertiary/aromatic N) is 3. The van der Waals surface area contributed by atoms with Crippen LogP contribution in [0.1, 0.15) is 33.5 Å². The molecule has 0 radical (unpaired) electrons. The zero-order valence-electron chi connectivity index (χ0n) is 17.6. The molecule has 0 bridgehead atoms. The number of nitrogens with one attached hydrogen (secondary N) is 2. The lowest BCUT2D eigenvalue weighted by Gasteiger charge is -2.19. The van der Waals surface area contributed by atoms with Gasteiger partial charge in [0.25, 0.3) is 0 Å². The summed E-state index contributed by atoms with van der Waals surface area (Å²) in [6.45, 7) is 11.3. The summed E-state index contributed by atoms with van der Waals surface area (Å²) in [6, 6.07) is 7.65. The Hall–Kier alpha value is -2.70. The van der Waals surface area contributed by atoms with Crippen molar-refractivity contribution in [3.8, 4) is 11.5 Å². The topological polar surface area (TPSA) is 72.7 Å². The summed E-state index contributed by atoms with van der Waals surface area (Å²) in [4.78, 5) is 9.10. The number of hydrogen-bond acceptors (Lipinski definition) is 4. The summed E-state index contributed by atoms with van der Waals surface area (Å²) in [5.41, 5.74) is 0. The minimum Gasteiger partial charge on any atom is -0.493 e. The van der Waals surface area contributed by atoms with E-state index >= 15 is 0 Å². The fourth-order valence-electron chi connectivity index (χ4n) is 2.76.